The zero-order chi connectivity index (χ0) is 10.5. The molecule has 0 aliphatic heterocycles. The first kappa shape index (κ1) is 8.75. The van der Waals surface area contributed by atoms with Gasteiger partial charge in [0.2, 0.25) is 5.65 Å². The molecule has 3 rings (SSSR count). The minimum absolute atomic E-state index is 0.289. The fourth-order valence-electron chi connectivity index (χ4n) is 2.03. The molecule has 1 aliphatic carbocycles. The van der Waals surface area contributed by atoms with Crippen molar-refractivity contribution in [1.29, 1.82) is 0 Å². The van der Waals surface area contributed by atoms with Gasteiger partial charge in [-0.1, -0.05) is 0 Å². The second kappa shape index (κ2) is 2.74. The smallest absolute Gasteiger partial charge is 0.201 e. The summed E-state index contributed by atoms with van der Waals surface area (Å²) < 4.78 is 0. The average Bonchev–Trinajstić information content (AvgIpc) is 2.61. The molecular weight excluding hydrogens is 194 g/mol. The lowest BCUT2D eigenvalue weighted by atomic mass is 9.71. The number of nitrogens with zero attached hydrogens (tertiary/aromatic N) is 3. The topological polar surface area (TPSA) is 101 Å². The third kappa shape index (κ3) is 1.22. The molecule has 6 nitrogen and oxygen atoms in total. The predicted octanol–water partition coefficient (Wildman–Crippen LogP) is -0.338. The van der Waals surface area contributed by atoms with Gasteiger partial charge in [0.25, 0.3) is 0 Å². The number of pyridine rings is 1. The predicted molar refractivity (Wildman–Crippen MR) is 52.8 cm³/mol. The molecule has 0 spiro atoms. The van der Waals surface area contributed by atoms with Gasteiger partial charge in [0, 0.05) is 11.7 Å². The fourth-order valence-corrected chi connectivity index (χ4v) is 2.03. The van der Waals surface area contributed by atoms with E-state index in [9.17, 15) is 5.11 Å². The molecule has 1 aliphatic rings. The summed E-state index contributed by atoms with van der Waals surface area (Å²) in [5, 5.41) is 19.6. The second-order valence-corrected chi connectivity index (χ2v) is 4.11. The highest BCUT2D eigenvalue weighted by molar-refractivity contribution is 5.69. The zero-order valence-corrected chi connectivity index (χ0v) is 8.01. The van der Waals surface area contributed by atoms with Gasteiger partial charge in [-0.05, 0) is 24.5 Å². The van der Waals surface area contributed by atoms with Crippen molar-refractivity contribution in [2.24, 2.45) is 5.73 Å². The number of aliphatic hydroxyl groups is 1. The Kier molecular flexibility index (Phi) is 1.60. The molecule has 6 heteroatoms. The number of hydrogen-bond acceptors (Lipinski definition) is 5. The van der Waals surface area contributed by atoms with Gasteiger partial charge in [0.15, 0.2) is 0 Å². The van der Waals surface area contributed by atoms with Crippen LogP contribution in [0.25, 0.3) is 11.2 Å². The highest BCUT2D eigenvalue weighted by Crippen LogP contribution is 2.39. The third-order valence-electron chi connectivity index (χ3n) is 2.95. The van der Waals surface area contributed by atoms with E-state index in [-0.39, 0.29) is 6.10 Å². The normalized spacial score (nSPS) is 30.4. The number of aromatic nitrogens is 4. The molecule has 2 aromatic rings. The van der Waals surface area contributed by atoms with Crippen LogP contribution in [0.15, 0.2) is 12.3 Å². The van der Waals surface area contributed by atoms with Gasteiger partial charge in [-0.25, -0.2) is 4.98 Å². The lowest BCUT2D eigenvalue weighted by Crippen LogP contribution is -2.51. The summed E-state index contributed by atoms with van der Waals surface area (Å²) >= 11 is 0. The highest BCUT2D eigenvalue weighted by Gasteiger charge is 2.41. The second-order valence-electron chi connectivity index (χ2n) is 4.11. The summed E-state index contributed by atoms with van der Waals surface area (Å²) in [4.78, 5) is 4.15. The molecule has 4 N–H and O–H groups in total. The molecular formula is C9H11N5O. The molecule has 0 aromatic carbocycles. The van der Waals surface area contributed by atoms with Crippen molar-refractivity contribution >= 4 is 11.2 Å². The highest BCUT2D eigenvalue weighted by atomic mass is 16.3. The molecule has 2 heterocycles. The number of nitrogens with one attached hydrogen (secondary N) is 1. The van der Waals surface area contributed by atoms with Crippen molar-refractivity contribution in [3.8, 4) is 0 Å². The first-order valence-electron chi connectivity index (χ1n) is 4.81. The van der Waals surface area contributed by atoms with Crippen LogP contribution in [0.3, 0.4) is 0 Å². The first-order valence-corrected chi connectivity index (χ1v) is 4.81. The molecule has 15 heavy (non-hydrogen) atoms. The Hall–Kier alpha value is -1.53. The van der Waals surface area contributed by atoms with Crippen LogP contribution in [0.5, 0.6) is 0 Å². The molecule has 0 amide bonds. The van der Waals surface area contributed by atoms with Crippen LogP contribution >= 0.6 is 0 Å². The molecule has 1 saturated carbocycles. The van der Waals surface area contributed by atoms with Gasteiger partial charge in [0.05, 0.1) is 6.10 Å². The minimum atomic E-state index is -0.445. The maximum absolute atomic E-state index is 9.28. The average molecular weight is 205 g/mol. The third-order valence-corrected chi connectivity index (χ3v) is 2.95. The van der Waals surface area contributed by atoms with Crippen LogP contribution in [0.1, 0.15) is 18.4 Å². The van der Waals surface area contributed by atoms with E-state index >= 15 is 0 Å². The molecule has 0 radical (unpaired) electrons. The van der Waals surface area contributed by atoms with Crippen molar-refractivity contribution < 1.29 is 5.11 Å². The molecule has 0 unspecified atom stereocenters. The van der Waals surface area contributed by atoms with Crippen LogP contribution in [0, 0.1) is 0 Å². The van der Waals surface area contributed by atoms with E-state index in [0.29, 0.717) is 24.0 Å². The van der Waals surface area contributed by atoms with Gasteiger partial charge < -0.3 is 10.8 Å². The van der Waals surface area contributed by atoms with E-state index in [1.807, 2.05) is 6.07 Å². The number of rotatable bonds is 1. The quantitative estimate of drug-likeness (QED) is 0.591. The lowest BCUT2D eigenvalue weighted by Gasteiger charge is -2.42. The van der Waals surface area contributed by atoms with Gasteiger partial charge in [0.1, 0.15) is 5.52 Å². The minimum Gasteiger partial charge on any atom is -0.393 e. The summed E-state index contributed by atoms with van der Waals surface area (Å²) in [6.45, 7) is 0. The van der Waals surface area contributed by atoms with Crippen molar-refractivity contribution in [2.45, 2.75) is 24.5 Å². The van der Waals surface area contributed by atoms with Crippen molar-refractivity contribution in [3.05, 3.63) is 17.8 Å². The van der Waals surface area contributed by atoms with E-state index in [4.69, 9.17) is 5.73 Å². The Labute approximate surface area is 85.5 Å². The Morgan fingerprint density at radius 3 is 3.00 bits per heavy atom. The maximum atomic E-state index is 9.28. The summed E-state index contributed by atoms with van der Waals surface area (Å²) in [6.07, 6.45) is 2.58. The van der Waals surface area contributed by atoms with E-state index in [0.717, 1.165) is 5.56 Å². The number of aliphatic hydroxyl groups excluding tert-OH is 1. The maximum Gasteiger partial charge on any atom is 0.201 e. The van der Waals surface area contributed by atoms with Crippen LogP contribution in [0.4, 0.5) is 0 Å². The largest absolute Gasteiger partial charge is 0.393 e. The molecule has 78 valence electrons. The number of aromatic amines is 1. The van der Waals surface area contributed by atoms with Gasteiger partial charge in [-0.15, -0.1) is 5.10 Å². The van der Waals surface area contributed by atoms with Crippen LogP contribution in [0.2, 0.25) is 0 Å². The molecule has 0 atom stereocenters. The van der Waals surface area contributed by atoms with E-state index in [2.05, 4.69) is 20.4 Å². The Balaban J connectivity index is 2.04. The Morgan fingerprint density at radius 2 is 2.27 bits per heavy atom. The van der Waals surface area contributed by atoms with E-state index < -0.39 is 5.54 Å². The van der Waals surface area contributed by atoms with Gasteiger partial charge >= 0.3 is 0 Å². The summed E-state index contributed by atoms with van der Waals surface area (Å²) in [5.41, 5.74) is 7.87. The molecule has 0 bridgehead atoms. The molecule has 1 fully saturated rings. The van der Waals surface area contributed by atoms with Crippen LogP contribution in [-0.4, -0.2) is 31.6 Å². The van der Waals surface area contributed by atoms with Crippen LogP contribution in [-0.2, 0) is 5.54 Å². The van der Waals surface area contributed by atoms with E-state index in [1.165, 1.54) is 0 Å². The number of fused-ring (bicyclic) bond motifs is 1. The summed E-state index contributed by atoms with van der Waals surface area (Å²) in [7, 11) is 0. The standard InChI is InChI=1S/C9H11N5O/c10-9(2-6(15)3-9)5-1-7-8(11-4-5)13-14-12-7/h1,4,6,15H,2-3,10H2,(H,11,12,13,14). The summed E-state index contributed by atoms with van der Waals surface area (Å²) in [6, 6.07) is 1.87. The van der Waals surface area contributed by atoms with Crippen molar-refractivity contribution in [1.82, 2.24) is 20.4 Å². The fraction of sp³-hybridized carbons (Fsp3) is 0.444. The Bertz CT molecular complexity index is 502. The van der Waals surface area contributed by atoms with Crippen molar-refractivity contribution in [2.75, 3.05) is 0 Å². The molecule has 2 aromatic heterocycles. The summed E-state index contributed by atoms with van der Waals surface area (Å²) in [5.74, 6) is 0. The number of nitrogens with two attached hydrogens (primary N) is 1. The van der Waals surface area contributed by atoms with Crippen LogP contribution < -0.4 is 5.73 Å². The zero-order valence-electron chi connectivity index (χ0n) is 8.01. The number of hydrogen-bond donors (Lipinski definition) is 3. The Morgan fingerprint density at radius 1 is 1.47 bits per heavy atom. The molecule has 0 saturated heterocycles. The number of H-pyrrole nitrogens is 1. The lowest BCUT2D eigenvalue weighted by molar-refractivity contribution is 0.0208. The van der Waals surface area contributed by atoms with Gasteiger partial charge in [-0.3, -0.25) is 0 Å². The van der Waals surface area contributed by atoms with Gasteiger partial charge in [-0.2, -0.15) is 10.3 Å². The monoisotopic (exact) mass is 205 g/mol. The van der Waals surface area contributed by atoms with E-state index in [1.54, 1.807) is 6.20 Å². The SMILES string of the molecule is NC1(c2cnc3n[nH]nc3c2)CC(O)C1. The first-order chi connectivity index (χ1) is 7.17. The van der Waals surface area contributed by atoms with Crippen molar-refractivity contribution in [3.63, 3.8) is 0 Å².